The minimum absolute atomic E-state index is 0.0636. The van der Waals surface area contributed by atoms with Crippen LogP contribution in [0.4, 0.5) is 16.2 Å². The summed E-state index contributed by atoms with van der Waals surface area (Å²) in [5, 5.41) is 15.9. The number of carbonyl (C=O) groups excluding carboxylic acids is 2. The highest BCUT2D eigenvalue weighted by Gasteiger charge is 2.30. The van der Waals surface area contributed by atoms with Crippen molar-refractivity contribution in [1.82, 2.24) is 9.80 Å². The Morgan fingerprint density at radius 3 is 2.42 bits per heavy atom. The van der Waals surface area contributed by atoms with Gasteiger partial charge in [-0.3, -0.25) is 9.69 Å². The summed E-state index contributed by atoms with van der Waals surface area (Å²) in [6, 6.07) is 17.3. The molecule has 5 rings (SSSR count). The van der Waals surface area contributed by atoms with Gasteiger partial charge in [-0.15, -0.1) is 0 Å². The standard InChI is InChI=1S/C38H50N4O8/c1-25-20-42(26(2)23-43)37(44)32-18-29(39-38(45)40-30-12-16-34-35(19-30)49-24-48-34)11-15-33(32)50-27(3)8-6-7-17-47-36(25)22-41(4)21-28-9-13-31(46-5)14-10-28/h9-16,18-19,25-27,36,43H,6-8,17,20-24H2,1-5H3,(H2,39,40,45)/t25-,26+,27+,36-/m0/s1. The number of benzene rings is 3. The topological polar surface area (TPSA) is 131 Å². The summed E-state index contributed by atoms with van der Waals surface area (Å²) >= 11 is 0. The van der Waals surface area contributed by atoms with Crippen molar-refractivity contribution in [2.75, 3.05) is 57.9 Å². The molecule has 0 aromatic heterocycles. The van der Waals surface area contributed by atoms with Gasteiger partial charge in [-0.1, -0.05) is 19.1 Å². The van der Waals surface area contributed by atoms with Crippen LogP contribution in [0.15, 0.2) is 60.7 Å². The second-order valence-electron chi connectivity index (χ2n) is 13.2. The number of methoxy groups -OCH3 is 1. The fourth-order valence-electron chi connectivity index (χ4n) is 6.15. The van der Waals surface area contributed by atoms with Crippen molar-refractivity contribution < 1.29 is 38.4 Å². The van der Waals surface area contributed by atoms with Gasteiger partial charge >= 0.3 is 6.03 Å². The van der Waals surface area contributed by atoms with Crippen LogP contribution in [0, 0.1) is 5.92 Å². The molecule has 3 aromatic carbocycles. The van der Waals surface area contributed by atoms with Crippen molar-refractivity contribution >= 4 is 23.3 Å². The largest absolute Gasteiger partial charge is 0.497 e. The van der Waals surface area contributed by atoms with Crippen LogP contribution in [0.3, 0.4) is 0 Å². The molecule has 2 aliphatic heterocycles. The number of likely N-dealkylation sites (N-methyl/N-ethyl adjacent to an activating group) is 1. The number of hydrogen-bond donors (Lipinski definition) is 3. The molecule has 3 aromatic rings. The highest BCUT2D eigenvalue weighted by molar-refractivity contribution is 6.02. The molecule has 0 bridgehead atoms. The van der Waals surface area contributed by atoms with Crippen molar-refractivity contribution in [1.29, 1.82) is 0 Å². The molecular formula is C38H50N4O8. The average Bonchev–Trinajstić information content (AvgIpc) is 3.58. The number of fused-ring (bicyclic) bond motifs is 2. The third-order valence-electron chi connectivity index (χ3n) is 9.04. The first-order valence-corrected chi connectivity index (χ1v) is 17.3. The number of nitrogens with zero attached hydrogens (tertiary/aromatic N) is 2. The number of ether oxygens (including phenoxy) is 5. The molecule has 2 heterocycles. The number of aliphatic hydroxyl groups is 1. The molecule has 4 atom stereocenters. The van der Waals surface area contributed by atoms with Gasteiger partial charge in [0.15, 0.2) is 11.5 Å². The number of amides is 3. The van der Waals surface area contributed by atoms with Crippen LogP contribution in [0.25, 0.3) is 0 Å². The maximum absolute atomic E-state index is 14.4. The van der Waals surface area contributed by atoms with Crippen molar-refractivity contribution in [2.45, 2.75) is 64.8 Å². The van der Waals surface area contributed by atoms with Gasteiger partial charge < -0.3 is 44.3 Å². The maximum atomic E-state index is 14.4. The molecule has 3 amide bonds. The molecular weight excluding hydrogens is 640 g/mol. The lowest BCUT2D eigenvalue weighted by Gasteiger charge is -2.36. The lowest BCUT2D eigenvalue weighted by Crippen LogP contribution is -2.47. The summed E-state index contributed by atoms with van der Waals surface area (Å²) in [6.45, 7) is 8.14. The summed E-state index contributed by atoms with van der Waals surface area (Å²) in [5.74, 6) is 2.04. The van der Waals surface area contributed by atoms with E-state index in [1.165, 1.54) is 0 Å². The van der Waals surface area contributed by atoms with Crippen LogP contribution in [0.5, 0.6) is 23.0 Å². The predicted molar refractivity (Wildman–Crippen MR) is 191 cm³/mol. The van der Waals surface area contributed by atoms with E-state index < -0.39 is 12.1 Å². The quantitative estimate of drug-likeness (QED) is 0.248. The summed E-state index contributed by atoms with van der Waals surface area (Å²) < 4.78 is 28.9. The molecule has 12 heteroatoms. The van der Waals surface area contributed by atoms with Crippen molar-refractivity contribution in [3.05, 3.63) is 71.8 Å². The van der Waals surface area contributed by atoms with Crippen LogP contribution >= 0.6 is 0 Å². The van der Waals surface area contributed by atoms with Gasteiger partial charge in [-0.05, 0) is 88.2 Å². The summed E-state index contributed by atoms with van der Waals surface area (Å²) in [4.78, 5) is 31.4. The van der Waals surface area contributed by atoms with E-state index in [2.05, 4.69) is 41.6 Å². The van der Waals surface area contributed by atoms with Crippen LogP contribution in [0.2, 0.25) is 0 Å². The number of anilines is 2. The molecule has 0 radical (unpaired) electrons. The van der Waals surface area contributed by atoms with Crippen LogP contribution in [0.1, 0.15) is 56.0 Å². The van der Waals surface area contributed by atoms with Crippen LogP contribution in [-0.4, -0.2) is 92.3 Å². The van der Waals surface area contributed by atoms with Crippen molar-refractivity contribution in [2.24, 2.45) is 5.92 Å². The number of urea groups is 1. The summed E-state index contributed by atoms with van der Waals surface area (Å²) in [5.41, 5.74) is 2.41. The zero-order chi connectivity index (χ0) is 35.6. The van der Waals surface area contributed by atoms with Crippen molar-refractivity contribution in [3.63, 3.8) is 0 Å². The molecule has 270 valence electrons. The third-order valence-corrected chi connectivity index (χ3v) is 9.04. The van der Waals surface area contributed by atoms with Gasteiger partial charge in [-0.25, -0.2) is 4.79 Å². The highest BCUT2D eigenvalue weighted by Crippen LogP contribution is 2.34. The molecule has 3 N–H and O–H groups in total. The first kappa shape index (κ1) is 36.8. The third kappa shape index (κ3) is 9.80. The zero-order valence-electron chi connectivity index (χ0n) is 29.6. The van der Waals surface area contributed by atoms with Gasteiger partial charge in [0.1, 0.15) is 11.5 Å². The Morgan fingerprint density at radius 2 is 1.70 bits per heavy atom. The normalized spacial score (nSPS) is 20.3. The first-order chi connectivity index (χ1) is 24.1. The minimum atomic E-state index is -0.487. The Hall–Kier alpha value is -4.52. The Morgan fingerprint density at radius 1 is 1.00 bits per heavy atom. The van der Waals surface area contributed by atoms with Gasteiger partial charge in [-0.2, -0.15) is 0 Å². The Balaban J connectivity index is 1.35. The van der Waals surface area contributed by atoms with E-state index in [-0.39, 0.29) is 37.4 Å². The number of rotatable bonds is 9. The molecule has 0 saturated carbocycles. The lowest BCUT2D eigenvalue weighted by atomic mass is 10.0. The molecule has 0 saturated heterocycles. The number of carbonyl (C=O) groups is 2. The summed E-state index contributed by atoms with van der Waals surface area (Å²) in [6.07, 6.45) is 2.24. The average molecular weight is 691 g/mol. The molecule has 0 spiro atoms. The van der Waals surface area contributed by atoms with E-state index in [0.717, 1.165) is 37.1 Å². The Labute approximate surface area is 294 Å². The molecule has 50 heavy (non-hydrogen) atoms. The zero-order valence-corrected chi connectivity index (χ0v) is 29.6. The summed E-state index contributed by atoms with van der Waals surface area (Å²) in [7, 11) is 3.72. The molecule has 0 fully saturated rings. The lowest BCUT2D eigenvalue weighted by molar-refractivity contribution is -0.0177. The molecule has 12 nitrogen and oxygen atoms in total. The van der Waals surface area contributed by atoms with E-state index in [4.69, 9.17) is 23.7 Å². The van der Waals surface area contributed by atoms with E-state index in [1.54, 1.807) is 48.4 Å². The number of nitrogens with one attached hydrogen (secondary N) is 2. The Kier molecular flexibility index (Phi) is 12.8. The smallest absolute Gasteiger partial charge is 0.323 e. The minimum Gasteiger partial charge on any atom is -0.497 e. The molecule has 2 aliphatic rings. The molecule has 0 aliphatic carbocycles. The van der Waals surface area contributed by atoms with E-state index in [9.17, 15) is 14.7 Å². The van der Waals surface area contributed by atoms with Crippen LogP contribution in [-0.2, 0) is 11.3 Å². The highest BCUT2D eigenvalue weighted by atomic mass is 16.7. The SMILES string of the molecule is COc1ccc(CN(C)C[C@@H]2OCCCC[C@@H](C)Oc3ccc(NC(=O)Nc4ccc5c(c4)OCO5)cc3C(=O)N([C@H](C)CO)C[C@@H]2C)cc1. The maximum Gasteiger partial charge on any atom is 0.323 e. The first-order valence-electron chi connectivity index (χ1n) is 17.3. The van der Waals surface area contributed by atoms with E-state index >= 15 is 0 Å². The van der Waals surface area contributed by atoms with E-state index in [1.807, 2.05) is 26.0 Å². The predicted octanol–water partition coefficient (Wildman–Crippen LogP) is 6.00. The van der Waals surface area contributed by atoms with Gasteiger partial charge in [0.05, 0.1) is 37.5 Å². The fourth-order valence-corrected chi connectivity index (χ4v) is 6.15. The molecule has 0 unspecified atom stereocenters. The fraction of sp³-hybridized carbons (Fsp3) is 0.474. The number of hydrogen-bond acceptors (Lipinski definition) is 9. The van der Waals surface area contributed by atoms with Gasteiger partial charge in [0.2, 0.25) is 6.79 Å². The monoisotopic (exact) mass is 690 g/mol. The van der Waals surface area contributed by atoms with Crippen LogP contribution < -0.4 is 29.6 Å². The number of aliphatic hydroxyl groups excluding tert-OH is 1. The van der Waals surface area contributed by atoms with E-state index in [0.29, 0.717) is 53.9 Å². The van der Waals surface area contributed by atoms with Crippen molar-refractivity contribution in [3.8, 4) is 23.0 Å². The second kappa shape index (κ2) is 17.4. The van der Waals surface area contributed by atoms with Gasteiger partial charge in [0.25, 0.3) is 5.91 Å². The Bertz CT molecular complexity index is 1590. The second-order valence-corrected chi connectivity index (χ2v) is 13.2. The van der Waals surface area contributed by atoms with Gasteiger partial charge in [0, 0.05) is 49.6 Å².